The Morgan fingerprint density at radius 2 is 2.00 bits per heavy atom. The Kier molecular flexibility index (Phi) is 6.49. The van der Waals surface area contributed by atoms with E-state index < -0.39 is 0 Å². The molecule has 0 saturated heterocycles. The number of amides is 1. The second-order valence-electron chi connectivity index (χ2n) is 4.14. The summed E-state index contributed by atoms with van der Waals surface area (Å²) < 4.78 is 0. The molecule has 0 heterocycles. The van der Waals surface area contributed by atoms with Crippen molar-refractivity contribution in [2.24, 2.45) is 11.8 Å². The van der Waals surface area contributed by atoms with Crippen LogP contribution in [0.1, 0.15) is 33.6 Å². The highest BCUT2D eigenvalue weighted by molar-refractivity contribution is 5.75. The molecule has 1 amide bonds. The Balaban J connectivity index is 3.63. The lowest BCUT2D eigenvalue weighted by Gasteiger charge is -2.27. The van der Waals surface area contributed by atoms with Gasteiger partial charge in [0.15, 0.2) is 0 Å². The summed E-state index contributed by atoms with van der Waals surface area (Å²) in [6, 6.07) is 0.552. The Morgan fingerprint density at radius 1 is 1.43 bits per heavy atom. The van der Waals surface area contributed by atoms with E-state index in [2.05, 4.69) is 38.1 Å². The fourth-order valence-corrected chi connectivity index (χ4v) is 1.27. The van der Waals surface area contributed by atoms with E-state index >= 15 is 0 Å². The lowest BCUT2D eigenvalue weighted by molar-refractivity contribution is -0.121. The first-order valence-electron chi connectivity index (χ1n) is 5.18. The van der Waals surface area contributed by atoms with Crippen LogP contribution in [0.4, 0.5) is 0 Å². The molecular weight excluding hydrogens is 178 g/mol. The molecular formula is C10H23N3O. The van der Waals surface area contributed by atoms with Gasteiger partial charge in [-0.3, -0.25) is 10.2 Å². The zero-order valence-electron chi connectivity index (χ0n) is 9.71. The Labute approximate surface area is 86.8 Å². The molecule has 84 valence electrons. The number of nitrogens with two attached hydrogens (primary N) is 1. The molecule has 0 radical (unpaired) electrons. The molecule has 0 aliphatic rings. The van der Waals surface area contributed by atoms with Crippen molar-refractivity contribution < 1.29 is 4.79 Å². The van der Waals surface area contributed by atoms with Gasteiger partial charge in [0.1, 0.15) is 0 Å². The summed E-state index contributed by atoms with van der Waals surface area (Å²) in [6.45, 7) is 7.54. The van der Waals surface area contributed by atoms with Crippen LogP contribution in [0.5, 0.6) is 0 Å². The van der Waals surface area contributed by atoms with Gasteiger partial charge in [-0.2, -0.15) is 0 Å². The minimum absolute atomic E-state index is 0.0874. The summed E-state index contributed by atoms with van der Waals surface area (Å²) in [5.74, 6) is 5.54. The molecule has 1 unspecified atom stereocenters. The molecule has 0 spiro atoms. The van der Waals surface area contributed by atoms with Gasteiger partial charge in [0.2, 0.25) is 5.91 Å². The molecule has 0 fully saturated rings. The number of nitrogens with one attached hydrogen (secondary N) is 1. The third kappa shape index (κ3) is 5.19. The zero-order chi connectivity index (χ0) is 11.1. The number of carbonyl (C=O) groups excluding carboxylic acids is 1. The molecule has 0 aromatic carbocycles. The molecule has 0 bridgehead atoms. The van der Waals surface area contributed by atoms with E-state index in [1.165, 1.54) is 0 Å². The largest absolute Gasteiger partial charge is 0.303 e. The van der Waals surface area contributed by atoms with Gasteiger partial charge in [0.05, 0.1) is 0 Å². The molecule has 14 heavy (non-hydrogen) atoms. The number of carbonyl (C=O) groups is 1. The summed E-state index contributed by atoms with van der Waals surface area (Å²) in [6.07, 6.45) is 1.36. The molecule has 0 aliphatic heterocycles. The lowest BCUT2D eigenvalue weighted by atomic mass is 10.1. The monoisotopic (exact) mass is 201 g/mol. The first-order chi connectivity index (χ1) is 6.49. The summed E-state index contributed by atoms with van der Waals surface area (Å²) in [5, 5.41) is 0. The predicted molar refractivity (Wildman–Crippen MR) is 58.5 cm³/mol. The van der Waals surface area contributed by atoms with Crippen molar-refractivity contribution in [1.29, 1.82) is 0 Å². The first kappa shape index (κ1) is 13.4. The van der Waals surface area contributed by atoms with E-state index in [-0.39, 0.29) is 5.91 Å². The van der Waals surface area contributed by atoms with Crippen LogP contribution in [0.2, 0.25) is 0 Å². The van der Waals surface area contributed by atoms with Crippen LogP contribution in [-0.4, -0.2) is 30.4 Å². The average Bonchev–Trinajstić information content (AvgIpc) is 2.15. The smallest absolute Gasteiger partial charge is 0.233 e. The molecule has 4 nitrogen and oxygen atoms in total. The second-order valence-corrected chi connectivity index (χ2v) is 4.14. The minimum Gasteiger partial charge on any atom is -0.303 e. The van der Waals surface area contributed by atoms with E-state index in [9.17, 15) is 4.79 Å². The fourth-order valence-electron chi connectivity index (χ4n) is 1.27. The predicted octanol–water partition coefficient (Wildman–Crippen LogP) is 0.733. The summed E-state index contributed by atoms with van der Waals surface area (Å²) >= 11 is 0. The highest BCUT2D eigenvalue weighted by Crippen LogP contribution is 2.08. The van der Waals surface area contributed by atoms with E-state index in [1.807, 2.05) is 0 Å². The van der Waals surface area contributed by atoms with E-state index in [1.54, 1.807) is 0 Å². The fraction of sp³-hybridized carbons (Fsp3) is 0.900. The molecule has 1 atom stereocenters. The molecule has 4 heteroatoms. The van der Waals surface area contributed by atoms with Gasteiger partial charge in [-0.05, 0) is 32.9 Å². The van der Waals surface area contributed by atoms with Gasteiger partial charge in [-0.1, -0.05) is 13.8 Å². The van der Waals surface area contributed by atoms with Gasteiger partial charge < -0.3 is 4.90 Å². The summed E-state index contributed by atoms with van der Waals surface area (Å²) in [7, 11) is 2.09. The third-order valence-corrected chi connectivity index (χ3v) is 2.74. The van der Waals surface area contributed by atoms with Crippen molar-refractivity contribution >= 4 is 5.91 Å². The Bertz CT molecular complexity index is 171. The van der Waals surface area contributed by atoms with Crippen LogP contribution >= 0.6 is 0 Å². The maximum atomic E-state index is 10.8. The maximum absolute atomic E-state index is 10.8. The van der Waals surface area contributed by atoms with Crippen LogP contribution in [0, 0.1) is 5.92 Å². The summed E-state index contributed by atoms with van der Waals surface area (Å²) in [4.78, 5) is 13.1. The first-order valence-corrected chi connectivity index (χ1v) is 5.18. The van der Waals surface area contributed by atoms with Crippen molar-refractivity contribution in [1.82, 2.24) is 10.3 Å². The van der Waals surface area contributed by atoms with Gasteiger partial charge in [0.25, 0.3) is 0 Å². The van der Waals surface area contributed by atoms with Crippen LogP contribution in [0.3, 0.4) is 0 Å². The number of hydrogen-bond donors (Lipinski definition) is 2. The Hall–Kier alpha value is -0.610. The normalized spacial score (nSPS) is 13.4. The van der Waals surface area contributed by atoms with Crippen molar-refractivity contribution in [3.63, 3.8) is 0 Å². The van der Waals surface area contributed by atoms with Gasteiger partial charge in [-0.25, -0.2) is 5.84 Å². The lowest BCUT2D eigenvalue weighted by Crippen LogP contribution is -2.35. The highest BCUT2D eigenvalue weighted by atomic mass is 16.2. The van der Waals surface area contributed by atoms with E-state index in [4.69, 9.17) is 5.84 Å². The van der Waals surface area contributed by atoms with Crippen molar-refractivity contribution in [2.75, 3.05) is 13.6 Å². The van der Waals surface area contributed by atoms with Gasteiger partial charge in [-0.15, -0.1) is 0 Å². The van der Waals surface area contributed by atoms with Gasteiger partial charge >= 0.3 is 0 Å². The van der Waals surface area contributed by atoms with Crippen LogP contribution in [-0.2, 0) is 4.79 Å². The average molecular weight is 201 g/mol. The Morgan fingerprint density at radius 3 is 2.43 bits per heavy atom. The van der Waals surface area contributed by atoms with Crippen LogP contribution in [0.15, 0.2) is 0 Å². The number of hydrogen-bond acceptors (Lipinski definition) is 3. The third-order valence-electron chi connectivity index (χ3n) is 2.74. The summed E-state index contributed by atoms with van der Waals surface area (Å²) in [5.41, 5.74) is 2.13. The number of rotatable bonds is 6. The van der Waals surface area contributed by atoms with E-state index in [0.29, 0.717) is 18.4 Å². The zero-order valence-corrected chi connectivity index (χ0v) is 9.71. The quantitative estimate of drug-likeness (QED) is 0.378. The van der Waals surface area contributed by atoms with E-state index in [0.717, 1.165) is 13.0 Å². The molecule has 0 aromatic heterocycles. The van der Waals surface area contributed by atoms with Crippen LogP contribution in [0.25, 0.3) is 0 Å². The number of hydrazine groups is 1. The molecule has 0 aromatic rings. The minimum atomic E-state index is -0.0874. The van der Waals surface area contributed by atoms with Crippen molar-refractivity contribution in [3.05, 3.63) is 0 Å². The molecule has 0 saturated carbocycles. The highest BCUT2D eigenvalue weighted by Gasteiger charge is 2.12. The molecule has 3 N–H and O–H groups in total. The van der Waals surface area contributed by atoms with Crippen molar-refractivity contribution in [3.8, 4) is 0 Å². The standard InChI is InChI=1S/C10H23N3O/c1-8(2)9(3)13(4)7-5-6-10(14)12-11/h8-9H,5-7,11H2,1-4H3,(H,12,14). The van der Waals surface area contributed by atoms with Crippen LogP contribution < -0.4 is 11.3 Å². The molecule has 0 aliphatic carbocycles. The topological polar surface area (TPSA) is 58.4 Å². The van der Waals surface area contributed by atoms with Gasteiger partial charge in [0, 0.05) is 12.5 Å². The maximum Gasteiger partial charge on any atom is 0.233 e. The second kappa shape index (κ2) is 6.79. The number of nitrogens with zero attached hydrogens (tertiary/aromatic N) is 1. The van der Waals surface area contributed by atoms with Crippen molar-refractivity contribution in [2.45, 2.75) is 39.7 Å². The SMILES string of the molecule is CC(C)C(C)N(C)CCCC(=O)NN. The molecule has 0 rings (SSSR count).